The summed E-state index contributed by atoms with van der Waals surface area (Å²) in [5.41, 5.74) is 0. The van der Waals surface area contributed by atoms with E-state index in [2.05, 4.69) is 22.0 Å². The first-order valence-corrected chi connectivity index (χ1v) is 6.64. The molecular weight excluding hydrogens is 202 g/mol. The lowest BCUT2D eigenvalue weighted by molar-refractivity contribution is 0.0741. The smallest absolute Gasteiger partial charge is 0.0791 e. The Hall–Kier alpha value is -0.160. The first-order valence-electron chi connectivity index (χ1n) is 6.64. The van der Waals surface area contributed by atoms with Gasteiger partial charge in [0.2, 0.25) is 0 Å². The van der Waals surface area contributed by atoms with Gasteiger partial charge in [-0.15, -0.1) is 0 Å². The van der Waals surface area contributed by atoms with Crippen molar-refractivity contribution in [3.63, 3.8) is 0 Å². The average molecular weight is 227 g/mol. The van der Waals surface area contributed by atoms with Crippen molar-refractivity contribution in [2.45, 2.75) is 31.9 Å². The lowest BCUT2D eigenvalue weighted by atomic mass is 10.2. The number of piperazine rings is 1. The Labute approximate surface area is 98.6 Å². The molecule has 1 atom stereocenters. The minimum Gasteiger partial charge on any atom is -0.390 e. The highest BCUT2D eigenvalue weighted by Crippen LogP contribution is 2.18. The Morgan fingerprint density at radius 3 is 2.38 bits per heavy atom. The van der Waals surface area contributed by atoms with E-state index in [0.29, 0.717) is 6.04 Å². The molecule has 2 rings (SSSR count). The fourth-order valence-corrected chi connectivity index (χ4v) is 2.24. The highest BCUT2D eigenvalue weighted by Gasteiger charge is 2.22. The van der Waals surface area contributed by atoms with E-state index >= 15 is 0 Å². The second kappa shape index (κ2) is 5.96. The number of aliphatic hydroxyl groups is 1. The van der Waals surface area contributed by atoms with Crippen LogP contribution in [0.3, 0.4) is 0 Å². The number of rotatable bonds is 6. The van der Waals surface area contributed by atoms with Crippen LogP contribution in [0.2, 0.25) is 0 Å². The molecular formula is C12H25N3O. The van der Waals surface area contributed by atoms with Gasteiger partial charge in [0.15, 0.2) is 0 Å². The van der Waals surface area contributed by atoms with Crippen LogP contribution in [-0.4, -0.2) is 72.9 Å². The molecule has 4 heteroatoms. The largest absolute Gasteiger partial charge is 0.390 e. The van der Waals surface area contributed by atoms with E-state index in [-0.39, 0.29) is 6.10 Å². The van der Waals surface area contributed by atoms with Crippen molar-refractivity contribution in [1.82, 2.24) is 15.1 Å². The quantitative estimate of drug-likeness (QED) is 0.655. The van der Waals surface area contributed by atoms with Crippen LogP contribution in [0, 0.1) is 0 Å². The molecule has 2 fully saturated rings. The van der Waals surface area contributed by atoms with Gasteiger partial charge in [-0.25, -0.2) is 0 Å². The van der Waals surface area contributed by atoms with Crippen molar-refractivity contribution in [3.8, 4) is 0 Å². The van der Waals surface area contributed by atoms with Crippen molar-refractivity contribution < 1.29 is 5.11 Å². The minimum absolute atomic E-state index is 0.200. The molecule has 0 aromatic rings. The minimum atomic E-state index is -0.200. The van der Waals surface area contributed by atoms with Gasteiger partial charge in [0.25, 0.3) is 0 Å². The molecule has 16 heavy (non-hydrogen) atoms. The lowest BCUT2D eigenvalue weighted by Crippen LogP contribution is -2.49. The molecule has 1 aliphatic carbocycles. The van der Waals surface area contributed by atoms with Crippen molar-refractivity contribution in [3.05, 3.63) is 0 Å². The van der Waals surface area contributed by atoms with Crippen molar-refractivity contribution in [1.29, 1.82) is 0 Å². The molecule has 0 spiro atoms. The molecule has 1 saturated heterocycles. The molecule has 1 saturated carbocycles. The van der Waals surface area contributed by atoms with Gasteiger partial charge in [-0.2, -0.15) is 0 Å². The number of nitrogens with zero attached hydrogens (tertiary/aromatic N) is 2. The zero-order valence-corrected chi connectivity index (χ0v) is 10.4. The predicted molar refractivity (Wildman–Crippen MR) is 65.6 cm³/mol. The number of hydrogen-bond donors (Lipinski definition) is 2. The third-order valence-corrected chi connectivity index (χ3v) is 3.60. The van der Waals surface area contributed by atoms with E-state index in [9.17, 15) is 5.11 Å². The number of hydrogen-bond acceptors (Lipinski definition) is 4. The molecule has 1 heterocycles. The molecule has 0 amide bonds. The van der Waals surface area contributed by atoms with Crippen LogP contribution >= 0.6 is 0 Å². The fraction of sp³-hybridized carbons (Fsp3) is 1.00. The predicted octanol–water partition coefficient (Wildman–Crippen LogP) is -0.263. The van der Waals surface area contributed by atoms with E-state index in [4.69, 9.17) is 0 Å². The third kappa shape index (κ3) is 4.01. The summed E-state index contributed by atoms with van der Waals surface area (Å²) in [5.74, 6) is 0. The standard InChI is InChI=1S/C12H25N3O/c1-2-14-5-7-15(8-6-14)10-12(16)9-13-11-3-4-11/h11-13,16H,2-10H2,1H3/t12-/m0/s1. The number of β-amino-alcohol motifs (C(OH)–C–C–N with tert-alkyl or cyclic N) is 1. The highest BCUT2D eigenvalue weighted by molar-refractivity contribution is 4.82. The van der Waals surface area contributed by atoms with Gasteiger partial charge in [0.1, 0.15) is 0 Å². The summed E-state index contributed by atoms with van der Waals surface area (Å²) in [6.07, 6.45) is 2.39. The maximum Gasteiger partial charge on any atom is 0.0791 e. The molecule has 2 aliphatic rings. The normalized spacial score (nSPS) is 25.9. The fourth-order valence-electron chi connectivity index (χ4n) is 2.24. The lowest BCUT2D eigenvalue weighted by Gasteiger charge is -2.35. The molecule has 0 bridgehead atoms. The number of aliphatic hydroxyl groups excluding tert-OH is 1. The van der Waals surface area contributed by atoms with Gasteiger partial charge in [-0.1, -0.05) is 6.92 Å². The summed E-state index contributed by atoms with van der Waals surface area (Å²) in [6.45, 7) is 9.47. The van der Waals surface area contributed by atoms with Gasteiger partial charge >= 0.3 is 0 Å². The molecule has 0 radical (unpaired) electrons. The molecule has 1 aliphatic heterocycles. The third-order valence-electron chi connectivity index (χ3n) is 3.60. The topological polar surface area (TPSA) is 38.7 Å². The molecule has 94 valence electrons. The highest BCUT2D eigenvalue weighted by atomic mass is 16.3. The maximum absolute atomic E-state index is 9.88. The van der Waals surface area contributed by atoms with Crippen LogP contribution in [0.1, 0.15) is 19.8 Å². The van der Waals surface area contributed by atoms with Crippen LogP contribution in [0.25, 0.3) is 0 Å². The zero-order valence-electron chi connectivity index (χ0n) is 10.4. The number of nitrogens with one attached hydrogen (secondary N) is 1. The van der Waals surface area contributed by atoms with E-state index in [1.165, 1.54) is 12.8 Å². The number of likely N-dealkylation sites (N-methyl/N-ethyl adjacent to an activating group) is 1. The molecule has 2 N–H and O–H groups in total. The average Bonchev–Trinajstić information content (AvgIpc) is 3.11. The zero-order chi connectivity index (χ0) is 11.4. The van der Waals surface area contributed by atoms with Crippen LogP contribution in [0.15, 0.2) is 0 Å². The van der Waals surface area contributed by atoms with E-state index in [0.717, 1.165) is 45.8 Å². The van der Waals surface area contributed by atoms with Gasteiger partial charge in [0.05, 0.1) is 6.10 Å². The van der Waals surface area contributed by atoms with Crippen LogP contribution < -0.4 is 5.32 Å². The molecule has 0 unspecified atom stereocenters. The maximum atomic E-state index is 9.88. The van der Waals surface area contributed by atoms with Crippen molar-refractivity contribution in [2.75, 3.05) is 45.8 Å². The second-order valence-electron chi connectivity index (χ2n) is 5.07. The van der Waals surface area contributed by atoms with Crippen LogP contribution in [0.5, 0.6) is 0 Å². The van der Waals surface area contributed by atoms with Gasteiger partial charge in [0, 0.05) is 45.3 Å². The van der Waals surface area contributed by atoms with Gasteiger partial charge in [-0.05, 0) is 19.4 Å². The Morgan fingerprint density at radius 2 is 1.81 bits per heavy atom. The second-order valence-corrected chi connectivity index (χ2v) is 5.07. The van der Waals surface area contributed by atoms with E-state index in [1.54, 1.807) is 0 Å². The Kier molecular flexibility index (Phi) is 4.58. The first-order chi connectivity index (χ1) is 7.78. The summed E-state index contributed by atoms with van der Waals surface area (Å²) in [4.78, 5) is 4.84. The van der Waals surface area contributed by atoms with Crippen LogP contribution in [0.4, 0.5) is 0 Å². The monoisotopic (exact) mass is 227 g/mol. The summed E-state index contributed by atoms with van der Waals surface area (Å²) in [7, 11) is 0. The summed E-state index contributed by atoms with van der Waals surface area (Å²) >= 11 is 0. The van der Waals surface area contributed by atoms with Crippen molar-refractivity contribution in [2.24, 2.45) is 0 Å². The Balaban J connectivity index is 1.57. The van der Waals surface area contributed by atoms with Gasteiger partial charge < -0.3 is 15.3 Å². The van der Waals surface area contributed by atoms with E-state index < -0.39 is 0 Å². The van der Waals surface area contributed by atoms with E-state index in [1.807, 2.05) is 0 Å². The Morgan fingerprint density at radius 1 is 1.19 bits per heavy atom. The molecule has 4 nitrogen and oxygen atoms in total. The van der Waals surface area contributed by atoms with Crippen molar-refractivity contribution >= 4 is 0 Å². The molecule has 0 aromatic heterocycles. The SMILES string of the molecule is CCN1CCN(C[C@@H](O)CNC2CC2)CC1. The van der Waals surface area contributed by atoms with Crippen LogP contribution in [-0.2, 0) is 0 Å². The molecule has 0 aromatic carbocycles. The summed E-state index contributed by atoms with van der Waals surface area (Å²) in [6, 6.07) is 0.701. The first kappa shape index (κ1) is 12.3. The Bertz CT molecular complexity index is 200. The summed E-state index contributed by atoms with van der Waals surface area (Å²) < 4.78 is 0. The summed E-state index contributed by atoms with van der Waals surface area (Å²) in [5, 5.41) is 13.3. The van der Waals surface area contributed by atoms with Gasteiger partial charge in [-0.3, -0.25) is 4.90 Å².